The van der Waals surface area contributed by atoms with Gasteiger partial charge in [-0.15, -0.1) is 0 Å². The lowest BCUT2D eigenvalue weighted by atomic mass is 9.89. The molecule has 0 saturated heterocycles. The van der Waals surface area contributed by atoms with E-state index >= 15 is 0 Å². The molecule has 53 heavy (non-hydrogen) atoms. The van der Waals surface area contributed by atoms with Gasteiger partial charge in [-0.05, 0) is 69.9 Å². The summed E-state index contributed by atoms with van der Waals surface area (Å²) in [5.74, 6) is -2.49. The van der Waals surface area contributed by atoms with Gasteiger partial charge in [0.25, 0.3) is 0 Å². The fourth-order valence-electron chi connectivity index (χ4n) is 7.72. The van der Waals surface area contributed by atoms with Crippen molar-refractivity contribution < 1.29 is 38.6 Å². The second kappa shape index (κ2) is 23.2. The molecule has 13 heteroatoms. The predicted octanol–water partition coefficient (Wildman–Crippen LogP) is 4.47. The maximum atomic E-state index is 14.2. The molecule has 0 radical (unpaired) electrons. The first-order chi connectivity index (χ1) is 24.8. The van der Waals surface area contributed by atoms with Gasteiger partial charge in [0.2, 0.25) is 23.6 Å². The lowest BCUT2D eigenvalue weighted by molar-refractivity contribution is -0.144. The fourth-order valence-corrected chi connectivity index (χ4v) is 7.72. The molecule has 0 aromatic rings. The number of rotatable bonds is 27. The van der Waals surface area contributed by atoms with E-state index in [9.17, 15) is 24.0 Å². The van der Waals surface area contributed by atoms with E-state index < -0.39 is 41.7 Å². The van der Waals surface area contributed by atoms with Crippen LogP contribution in [0.25, 0.3) is 0 Å². The van der Waals surface area contributed by atoms with Gasteiger partial charge in [-0.25, -0.2) is 0 Å². The number of unbranched alkanes of at least 4 members (excludes halogenated alkanes) is 3. The van der Waals surface area contributed by atoms with Crippen LogP contribution in [0.4, 0.5) is 0 Å². The van der Waals surface area contributed by atoms with E-state index in [1.165, 1.54) is 13.3 Å². The maximum absolute atomic E-state index is 14.2. The van der Waals surface area contributed by atoms with Crippen molar-refractivity contribution in [3.8, 4) is 0 Å². The summed E-state index contributed by atoms with van der Waals surface area (Å²) in [7, 11) is 6.85. The molecule has 1 fully saturated rings. The third-order valence-corrected chi connectivity index (χ3v) is 11.4. The van der Waals surface area contributed by atoms with Gasteiger partial charge in [0, 0.05) is 27.8 Å². The molecule has 308 valence electrons. The lowest BCUT2D eigenvalue weighted by Gasteiger charge is -2.40. The molecular formula is C40H75N5O8. The fraction of sp³-hybridized carbons (Fsp3) is 0.875. The Morgan fingerprint density at radius 3 is 2.02 bits per heavy atom. The third kappa shape index (κ3) is 14.1. The highest BCUT2D eigenvalue weighted by Crippen LogP contribution is 2.54. The lowest BCUT2D eigenvalue weighted by Crippen LogP contribution is -2.59. The predicted molar refractivity (Wildman–Crippen MR) is 208 cm³/mol. The topological polar surface area (TPSA) is 167 Å². The Morgan fingerprint density at radius 1 is 0.868 bits per heavy atom. The van der Waals surface area contributed by atoms with Crippen LogP contribution in [0.3, 0.4) is 0 Å². The summed E-state index contributed by atoms with van der Waals surface area (Å²) in [4.78, 5) is 68.8. The van der Waals surface area contributed by atoms with Crippen molar-refractivity contribution >= 4 is 29.6 Å². The number of nitrogens with one attached hydrogen (secondary N) is 3. The second-order valence-corrected chi connectivity index (χ2v) is 16.1. The van der Waals surface area contributed by atoms with E-state index in [4.69, 9.17) is 14.6 Å². The number of hydrogen-bond donors (Lipinski definition) is 4. The number of carbonyl (C=O) groups is 5. The minimum atomic E-state index is -1.10. The van der Waals surface area contributed by atoms with Crippen molar-refractivity contribution in [1.29, 1.82) is 0 Å². The number of aliphatic carboxylic acids is 1. The molecule has 1 rings (SSSR count). The minimum absolute atomic E-state index is 0.0117. The zero-order chi connectivity index (χ0) is 40.6. The van der Waals surface area contributed by atoms with Gasteiger partial charge in [-0.2, -0.15) is 0 Å². The van der Waals surface area contributed by atoms with Gasteiger partial charge in [-0.1, -0.05) is 81.1 Å². The molecule has 1 saturated carbocycles. The number of ether oxygens (including phenoxy) is 2. The molecule has 0 aliphatic heterocycles. The summed E-state index contributed by atoms with van der Waals surface area (Å²) < 4.78 is 11.7. The Bertz CT molecular complexity index is 1170. The molecule has 0 spiro atoms. The third-order valence-electron chi connectivity index (χ3n) is 11.4. The molecule has 4 N–H and O–H groups in total. The summed E-state index contributed by atoms with van der Waals surface area (Å²) in [5, 5.41) is 17.8. The Hall–Kier alpha value is -2.77. The van der Waals surface area contributed by atoms with Crippen LogP contribution in [0, 0.1) is 29.6 Å². The van der Waals surface area contributed by atoms with E-state index in [1.807, 2.05) is 48.6 Å². The summed E-state index contributed by atoms with van der Waals surface area (Å²) in [6.07, 6.45) is 6.79. The second-order valence-electron chi connectivity index (χ2n) is 16.1. The van der Waals surface area contributed by atoms with Crippen LogP contribution in [-0.2, 0) is 33.4 Å². The SMILES string of the molecule is CCCCCCN(C)[C@H](C(=O)N[C@H](C(=O)N(C)[C@@H]([C@@H](C)CC)[C@@H](CC(=O)NCCC[C@@H]1C[C@@]1(OC)[C@@H](C)C(=O)N[C@@H](C)C(=O)O)OC)C(C)C)C(C)C. The van der Waals surface area contributed by atoms with Crippen molar-refractivity contribution in [2.45, 2.75) is 156 Å². The zero-order valence-electron chi connectivity index (χ0n) is 35.3. The van der Waals surface area contributed by atoms with Crippen molar-refractivity contribution in [2.24, 2.45) is 29.6 Å². The molecule has 1 aliphatic carbocycles. The number of hydrogen-bond acceptors (Lipinski definition) is 8. The van der Waals surface area contributed by atoms with Gasteiger partial charge in [0.15, 0.2) is 0 Å². The van der Waals surface area contributed by atoms with Crippen LogP contribution in [-0.4, -0.2) is 122 Å². The normalized spacial score (nSPS) is 20.9. The summed E-state index contributed by atoms with van der Waals surface area (Å²) in [6.45, 7) is 18.6. The molecule has 0 aromatic heterocycles. The molecule has 4 amide bonds. The number of likely N-dealkylation sites (N-methyl/N-ethyl adjacent to an activating group) is 2. The standard InChI is InChI=1S/C40H75N5O8/c1-14-16-17-18-22-44(10)34(26(5)6)37(48)43-33(25(3)4)38(49)45(11)35(27(7)15-2)31(52-12)23-32(46)41-21-19-20-30-24-40(30,53-13)28(8)36(47)42-29(9)39(50)51/h25-31,33-35H,14-24H2,1-13H3,(H,41,46)(H,42,47)(H,43,48)(H,50,51)/t27-,28-,29-,30+,31+,33-,34-,35-,40+/m0/s1. The first kappa shape index (κ1) is 48.2. The highest BCUT2D eigenvalue weighted by molar-refractivity contribution is 5.90. The van der Waals surface area contributed by atoms with Crippen LogP contribution in [0.1, 0.15) is 120 Å². The van der Waals surface area contributed by atoms with Gasteiger partial charge in [0.05, 0.1) is 36.1 Å². The first-order valence-electron chi connectivity index (χ1n) is 20.0. The maximum Gasteiger partial charge on any atom is 0.325 e. The summed E-state index contributed by atoms with van der Waals surface area (Å²) >= 11 is 0. The quantitative estimate of drug-likeness (QED) is 0.0886. The van der Waals surface area contributed by atoms with Crippen molar-refractivity contribution in [3.63, 3.8) is 0 Å². The number of carboxylic acid groups (broad SMARTS) is 1. The van der Waals surface area contributed by atoms with Crippen LogP contribution in [0.2, 0.25) is 0 Å². The number of methoxy groups -OCH3 is 2. The number of carbonyl (C=O) groups excluding carboxylic acids is 4. The molecule has 0 bridgehead atoms. The Balaban J connectivity index is 2.91. The number of carboxylic acids is 1. The molecule has 9 atom stereocenters. The Morgan fingerprint density at radius 2 is 1.51 bits per heavy atom. The number of nitrogens with zero attached hydrogens (tertiary/aromatic N) is 2. The van der Waals surface area contributed by atoms with Crippen LogP contribution < -0.4 is 16.0 Å². The zero-order valence-corrected chi connectivity index (χ0v) is 35.3. The van der Waals surface area contributed by atoms with Crippen LogP contribution in [0.15, 0.2) is 0 Å². The highest BCUT2D eigenvalue weighted by Gasteiger charge is 2.59. The first-order valence-corrected chi connectivity index (χ1v) is 20.0. The van der Waals surface area contributed by atoms with E-state index in [0.29, 0.717) is 19.4 Å². The molecule has 0 aromatic carbocycles. The van der Waals surface area contributed by atoms with Crippen LogP contribution >= 0.6 is 0 Å². The molecule has 0 unspecified atom stereocenters. The average Bonchev–Trinajstić information content (AvgIpc) is 3.83. The minimum Gasteiger partial charge on any atom is -0.480 e. The molecular weight excluding hydrogens is 678 g/mol. The average molecular weight is 754 g/mol. The molecule has 1 aliphatic rings. The largest absolute Gasteiger partial charge is 0.480 e. The van der Waals surface area contributed by atoms with Crippen molar-refractivity contribution in [3.05, 3.63) is 0 Å². The van der Waals surface area contributed by atoms with E-state index in [0.717, 1.165) is 38.6 Å². The van der Waals surface area contributed by atoms with E-state index in [-0.39, 0.29) is 59.8 Å². The van der Waals surface area contributed by atoms with E-state index in [2.05, 4.69) is 27.8 Å². The number of amides is 4. The summed E-state index contributed by atoms with van der Waals surface area (Å²) in [5.41, 5.74) is -0.652. The van der Waals surface area contributed by atoms with Gasteiger partial charge in [-0.3, -0.25) is 28.9 Å². The van der Waals surface area contributed by atoms with Crippen LogP contribution in [0.5, 0.6) is 0 Å². The highest BCUT2D eigenvalue weighted by atomic mass is 16.5. The van der Waals surface area contributed by atoms with Gasteiger partial charge in [0.1, 0.15) is 12.1 Å². The van der Waals surface area contributed by atoms with Crippen molar-refractivity contribution in [1.82, 2.24) is 25.8 Å². The Labute approximate surface area is 320 Å². The van der Waals surface area contributed by atoms with Gasteiger partial charge < -0.3 is 35.4 Å². The van der Waals surface area contributed by atoms with Gasteiger partial charge >= 0.3 is 5.97 Å². The smallest absolute Gasteiger partial charge is 0.325 e. The molecule has 13 nitrogen and oxygen atoms in total. The van der Waals surface area contributed by atoms with Crippen molar-refractivity contribution in [2.75, 3.05) is 41.4 Å². The summed E-state index contributed by atoms with van der Waals surface area (Å²) in [6, 6.07) is -2.50. The monoisotopic (exact) mass is 754 g/mol. The Kier molecular flexibility index (Phi) is 21.1. The van der Waals surface area contributed by atoms with E-state index in [1.54, 1.807) is 33.1 Å². The molecule has 0 heterocycles.